The van der Waals surface area contributed by atoms with E-state index < -0.39 is 10.0 Å². The largest absolute Gasteiger partial charge is 0.346 e. The minimum absolute atomic E-state index is 0.183. The Morgan fingerprint density at radius 3 is 2.62 bits per heavy atom. The van der Waals surface area contributed by atoms with Crippen LogP contribution in [0.3, 0.4) is 0 Å². The fourth-order valence-electron chi connectivity index (χ4n) is 3.16. The van der Waals surface area contributed by atoms with Gasteiger partial charge in [-0.1, -0.05) is 13.3 Å². The van der Waals surface area contributed by atoms with Gasteiger partial charge in [-0.05, 0) is 43.6 Å². The summed E-state index contributed by atoms with van der Waals surface area (Å²) in [4.78, 5) is 0.362. The van der Waals surface area contributed by atoms with Crippen LogP contribution in [-0.2, 0) is 16.6 Å². The lowest BCUT2D eigenvalue weighted by molar-refractivity contribution is 0.133. The van der Waals surface area contributed by atoms with Gasteiger partial charge in [0.15, 0.2) is 0 Å². The van der Waals surface area contributed by atoms with Crippen LogP contribution in [0.25, 0.3) is 0 Å². The minimum Gasteiger partial charge on any atom is -0.346 e. The molecule has 0 spiro atoms. The van der Waals surface area contributed by atoms with E-state index in [0.717, 1.165) is 37.8 Å². The van der Waals surface area contributed by atoms with E-state index in [1.165, 1.54) is 6.42 Å². The van der Waals surface area contributed by atoms with Crippen LogP contribution >= 0.6 is 0 Å². The van der Waals surface area contributed by atoms with Crippen molar-refractivity contribution in [2.75, 3.05) is 6.54 Å². The number of sulfonamides is 1. The lowest BCUT2D eigenvalue weighted by atomic mass is 9.67. The predicted molar refractivity (Wildman–Crippen MR) is 82.4 cm³/mol. The fourth-order valence-corrected chi connectivity index (χ4v) is 4.37. The second-order valence-corrected chi connectivity index (χ2v) is 8.31. The molecule has 0 bridgehead atoms. The molecule has 2 aliphatic carbocycles. The highest BCUT2D eigenvalue weighted by atomic mass is 32.2. The molecule has 0 radical (unpaired) electrons. The third kappa shape index (κ3) is 2.89. The molecule has 2 saturated carbocycles. The monoisotopic (exact) mass is 311 g/mol. The molecule has 118 valence electrons. The summed E-state index contributed by atoms with van der Waals surface area (Å²) < 4.78 is 29.8. The summed E-state index contributed by atoms with van der Waals surface area (Å²) in [5, 5.41) is 0. The van der Waals surface area contributed by atoms with Gasteiger partial charge in [0.25, 0.3) is 0 Å². The maximum absolute atomic E-state index is 12.5. The molecule has 0 atom stereocenters. The summed E-state index contributed by atoms with van der Waals surface area (Å²) in [6, 6.07) is 2.17. The lowest BCUT2D eigenvalue weighted by Crippen LogP contribution is -2.41. The molecule has 21 heavy (non-hydrogen) atoms. The van der Waals surface area contributed by atoms with Gasteiger partial charge in [0.1, 0.15) is 0 Å². The standard InChI is InChI=1S/C15H25N3O2S/c1-2-15(6-3-7-15)11-17-21(19,20)14-8-13(9-16)18(10-14)12-4-5-12/h8,10,12,17H,2-7,9,11,16H2,1H3. The number of rotatable bonds is 7. The summed E-state index contributed by atoms with van der Waals surface area (Å²) in [6.45, 7) is 3.08. The molecule has 0 aromatic carbocycles. The molecular weight excluding hydrogens is 286 g/mol. The van der Waals surface area contributed by atoms with Gasteiger partial charge in [0, 0.05) is 31.0 Å². The van der Waals surface area contributed by atoms with Crippen molar-refractivity contribution in [3.8, 4) is 0 Å². The van der Waals surface area contributed by atoms with Crippen LogP contribution in [-0.4, -0.2) is 19.5 Å². The van der Waals surface area contributed by atoms with Crippen molar-refractivity contribution in [2.45, 2.75) is 62.9 Å². The highest BCUT2D eigenvalue weighted by Crippen LogP contribution is 2.43. The number of aromatic nitrogens is 1. The Morgan fingerprint density at radius 2 is 2.14 bits per heavy atom. The topological polar surface area (TPSA) is 77.1 Å². The highest BCUT2D eigenvalue weighted by Gasteiger charge is 2.36. The zero-order chi connectivity index (χ0) is 15.1. The van der Waals surface area contributed by atoms with Gasteiger partial charge >= 0.3 is 0 Å². The zero-order valence-corrected chi connectivity index (χ0v) is 13.5. The Hall–Kier alpha value is -0.850. The van der Waals surface area contributed by atoms with Crippen LogP contribution in [0.5, 0.6) is 0 Å². The highest BCUT2D eigenvalue weighted by molar-refractivity contribution is 7.89. The van der Waals surface area contributed by atoms with E-state index in [1.54, 1.807) is 12.3 Å². The second-order valence-electron chi connectivity index (χ2n) is 6.54. The van der Waals surface area contributed by atoms with Crippen LogP contribution in [0.2, 0.25) is 0 Å². The van der Waals surface area contributed by atoms with Crippen molar-refractivity contribution in [1.29, 1.82) is 0 Å². The summed E-state index contributed by atoms with van der Waals surface area (Å²) >= 11 is 0. The summed E-state index contributed by atoms with van der Waals surface area (Å²) in [7, 11) is -3.42. The van der Waals surface area contributed by atoms with Gasteiger partial charge in [-0.3, -0.25) is 0 Å². The van der Waals surface area contributed by atoms with Gasteiger partial charge in [-0.15, -0.1) is 0 Å². The van der Waals surface area contributed by atoms with Crippen LogP contribution in [0.15, 0.2) is 17.2 Å². The van der Waals surface area contributed by atoms with Crippen molar-refractivity contribution in [3.63, 3.8) is 0 Å². The summed E-state index contributed by atoms with van der Waals surface area (Å²) in [6.07, 6.45) is 8.49. The van der Waals surface area contributed by atoms with E-state index in [4.69, 9.17) is 5.73 Å². The molecule has 2 fully saturated rings. The van der Waals surface area contributed by atoms with Crippen molar-refractivity contribution in [1.82, 2.24) is 9.29 Å². The zero-order valence-electron chi connectivity index (χ0n) is 12.6. The molecule has 0 aliphatic heterocycles. The molecule has 6 heteroatoms. The fraction of sp³-hybridized carbons (Fsp3) is 0.733. The molecule has 5 nitrogen and oxygen atoms in total. The number of nitrogens with two attached hydrogens (primary N) is 1. The van der Waals surface area contributed by atoms with E-state index in [-0.39, 0.29) is 5.41 Å². The third-order valence-corrected chi connectivity index (χ3v) is 6.54. The average Bonchev–Trinajstić information content (AvgIpc) is 3.16. The van der Waals surface area contributed by atoms with Crippen molar-refractivity contribution in [2.24, 2.45) is 11.1 Å². The molecule has 1 aromatic heterocycles. The Bertz CT molecular complexity index is 607. The number of nitrogens with zero attached hydrogens (tertiary/aromatic N) is 1. The van der Waals surface area contributed by atoms with Gasteiger partial charge in [0.2, 0.25) is 10.0 Å². The lowest BCUT2D eigenvalue weighted by Gasteiger charge is -2.41. The van der Waals surface area contributed by atoms with Crippen LogP contribution in [0.1, 0.15) is 57.2 Å². The van der Waals surface area contributed by atoms with Crippen molar-refractivity contribution < 1.29 is 8.42 Å². The van der Waals surface area contributed by atoms with Gasteiger partial charge < -0.3 is 10.3 Å². The van der Waals surface area contributed by atoms with Crippen molar-refractivity contribution in [3.05, 3.63) is 18.0 Å². The Balaban J connectivity index is 1.75. The Kier molecular flexibility index (Phi) is 3.88. The second kappa shape index (κ2) is 5.41. The predicted octanol–water partition coefficient (Wildman–Crippen LogP) is 2.14. The summed E-state index contributed by atoms with van der Waals surface area (Å²) in [5.74, 6) is 0. The van der Waals surface area contributed by atoms with Crippen LogP contribution in [0, 0.1) is 5.41 Å². The average molecular weight is 311 g/mol. The normalized spacial score (nSPS) is 21.2. The number of hydrogen-bond donors (Lipinski definition) is 2. The number of hydrogen-bond acceptors (Lipinski definition) is 3. The van der Waals surface area contributed by atoms with Crippen molar-refractivity contribution >= 4 is 10.0 Å². The maximum atomic E-state index is 12.5. The van der Waals surface area contributed by atoms with E-state index in [0.29, 0.717) is 24.0 Å². The smallest absolute Gasteiger partial charge is 0.242 e. The Morgan fingerprint density at radius 1 is 1.43 bits per heavy atom. The number of nitrogens with one attached hydrogen (secondary N) is 1. The molecule has 2 aliphatic rings. The van der Waals surface area contributed by atoms with Gasteiger partial charge in [-0.25, -0.2) is 13.1 Å². The van der Waals surface area contributed by atoms with Crippen LogP contribution in [0.4, 0.5) is 0 Å². The maximum Gasteiger partial charge on any atom is 0.242 e. The molecule has 1 aromatic rings. The molecule has 3 N–H and O–H groups in total. The summed E-state index contributed by atoms with van der Waals surface area (Å²) in [5.41, 5.74) is 6.82. The Labute approximate surface area is 127 Å². The SMILES string of the molecule is CCC1(CNS(=O)(=O)c2cc(CN)n(C3CC3)c2)CCC1. The van der Waals surface area contributed by atoms with E-state index in [2.05, 4.69) is 11.6 Å². The van der Waals surface area contributed by atoms with Gasteiger partial charge in [0.05, 0.1) is 4.90 Å². The quantitative estimate of drug-likeness (QED) is 0.810. The molecule has 3 rings (SSSR count). The molecule has 1 heterocycles. The van der Waals surface area contributed by atoms with Crippen LogP contribution < -0.4 is 10.5 Å². The van der Waals surface area contributed by atoms with Gasteiger partial charge in [-0.2, -0.15) is 0 Å². The first-order valence-corrected chi connectivity index (χ1v) is 9.38. The molecular formula is C15H25N3O2S. The third-order valence-electron chi connectivity index (χ3n) is 5.17. The molecule has 0 unspecified atom stereocenters. The first-order chi connectivity index (χ1) is 10.00. The van der Waals surface area contributed by atoms with E-state index in [9.17, 15) is 8.42 Å². The van der Waals surface area contributed by atoms with E-state index >= 15 is 0 Å². The minimum atomic E-state index is -3.42. The molecule has 0 amide bonds. The molecule has 0 saturated heterocycles. The first kappa shape index (κ1) is 15.1. The first-order valence-electron chi connectivity index (χ1n) is 7.90. The van der Waals surface area contributed by atoms with E-state index in [1.807, 2.05) is 4.57 Å².